The van der Waals surface area contributed by atoms with Gasteiger partial charge in [0.1, 0.15) is 12.4 Å². The number of aromatic amines is 1. The molecule has 1 aromatic carbocycles. The summed E-state index contributed by atoms with van der Waals surface area (Å²) in [6.07, 6.45) is 3.04. The van der Waals surface area contributed by atoms with Gasteiger partial charge in [0, 0.05) is 30.7 Å². The molecule has 34 heavy (non-hydrogen) atoms. The molecule has 0 fully saturated rings. The maximum atomic E-state index is 13.2. The molecule has 2 amide bonds. The van der Waals surface area contributed by atoms with Crippen LogP contribution < -0.4 is 21.9 Å². The van der Waals surface area contributed by atoms with E-state index in [1.54, 1.807) is 6.08 Å². The van der Waals surface area contributed by atoms with Crippen molar-refractivity contribution in [1.29, 1.82) is 0 Å². The van der Waals surface area contributed by atoms with Crippen LogP contribution in [0.1, 0.15) is 33.3 Å². The fourth-order valence-corrected chi connectivity index (χ4v) is 3.57. The lowest BCUT2D eigenvalue weighted by molar-refractivity contribution is -0.130. The molecular formula is C24H32BrN5O4. The van der Waals surface area contributed by atoms with Gasteiger partial charge in [0.2, 0.25) is 11.8 Å². The van der Waals surface area contributed by atoms with Crippen molar-refractivity contribution in [3.63, 3.8) is 0 Å². The summed E-state index contributed by atoms with van der Waals surface area (Å²) in [6, 6.07) is 7.43. The molecule has 2 aromatic rings. The molecule has 0 unspecified atom stereocenters. The zero-order chi connectivity index (χ0) is 25.6. The number of hydrogen-bond acceptors (Lipinski definition) is 5. The van der Waals surface area contributed by atoms with E-state index in [0.717, 1.165) is 10.0 Å². The largest absolute Gasteiger partial charge is 0.383 e. The molecule has 0 aliphatic heterocycles. The van der Waals surface area contributed by atoms with Gasteiger partial charge in [-0.3, -0.25) is 23.9 Å². The first-order valence-corrected chi connectivity index (χ1v) is 11.8. The quantitative estimate of drug-likeness (QED) is 0.480. The standard InChI is InChI=1S/C24H32BrN5O4/c1-15(2)12-29(21-22(26)30(13-16(3)4)24(34)27-23(21)33)20(32)14-28(5)19(31)11-8-17-6-9-18(25)10-7-17/h6-11,15-16H,12-14,26H2,1-5H3,(H,27,33,34)/b11-8+. The first-order valence-electron chi connectivity index (χ1n) is 11.0. The number of anilines is 2. The number of carbonyl (C=O) groups is 2. The Balaban J connectivity index is 2.31. The minimum Gasteiger partial charge on any atom is -0.383 e. The monoisotopic (exact) mass is 533 g/mol. The Kier molecular flexibility index (Phi) is 9.43. The van der Waals surface area contributed by atoms with Crippen molar-refractivity contribution in [2.45, 2.75) is 34.2 Å². The number of rotatable bonds is 9. The number of nitrogens with one attached hydrogen (secondary N) is 1. The number of H-pyrrole nitrogens is 1. The number of hydrogen-bond donors (Lipinski definition) is 2. The fourth-order valence-electron chi connectivity index (χ4n) is 3.30. The number of amides is 2. The van der Waals surface area contributed by atoms with Crippen molar-refractivity contribution in [1.82, 2.24) is 14.5 Å². The molecule has 0 aliphatic carbocycles. The van der Waals surface area contributed by atoms with Crippen LogP contribution in [0, 0.1) is 11.8 Å². The van der Waals surface area contributed by atoms with Crippen LogP contribution in [0.4, 0.5) is 11.5 Å². The molecule has 3 N–H and O–H groups in total. The van der Waals surface area contributed by atoms with Gasteiger partial charge in [-0.05, 0) is 35.6 Å². The Bertz CT molecular complexity index is 1170. The highest BCUT2D eigenvalue weighted by Gasteiger charge is 2.26. The summed E-state index contributed by atoms with van der Waals surface area (Å²) in [4.78, 5) is 55.6. The molecule has 0 radical (unpaired) electrons. The number of halogens is 1. The van der Waals surface area contributed by atoms with E-state index >= 15 is 0 Å². The van der Waals surface area contributed by atoms with Crippen molar-refractivity contribution in [2.24, 2.45) is 11.8 Å². The summed E-state index contributed by atoms with van der Waals surface area (Å²) >= 11 is 3.36. The van der Waals surface area contributed by atoms with Gasteiger partial charge in [-0.2, -0.15) is 0 Å². The van der Waals surface area contributed by atoms with E-state index in [-0.39, 0.29) is 48.9 Å². The number of nitrogens with two attached hydrogens (primary N) is 1. The molecule has 0 spiro atoms. The highest BCUT2D eigenvalue weighted by molar-refractivity contribution is 9.10. The van der Waals surface area contributed by atoms with E-state index in [9.17, 15) is 19.2 Å². The van der Waals surface area contributed by atoms with Crippen LogP contribution in [-0.2, 0) is 16.1 Å². The molecule has 9 nitrogen and oxygen atoms in total. The highest BCUT2D eigenvalue weighted by Crippen LogP contribution is 2.19. The third-order valence-electron chi connectivity index (χ3n) is 4.92. The number of nitrogen functional groups attached to an aromatic ring is 1. The molecule has 1 aromatic heterocycles. The second-order valence-corrected chi connectivity index (χ2v) is 9.89. The number of carbonyl (C=O) groups excluding carboxylic acids is 2. The molecule has 0 bridgehead atoms. The van der Waals surface area contributed by atoms with Crippen molar-refractivity contribution in [2.75, 3.05) is 30.8 Å². The lowest BCUT2D eigenvalue weighted by Crippen LogP contribution is -2.46. The van der Waals surface area contributed by atoms with Crippen LogP contribution in [0.2, 0.25) is 0 Å². The second-order valence-electron chi connectivity index (χ2n) is 8.97. The van der Waals surface area contributed by atoms with Crippen molar-refractivity contribution in [3.8, 4) is 0 Å². The predicted octanol–water partition coefficient (Wildman–Crippen LogP) is 2.70. The summed E-state index contributed by atoms with van der Waals surface area (Å²) in [6.45, 7) is 7.83. The van der Waals surface area contributed by atoms with Gasteiger partial charge in [0.15, 0.2) is 5.69 Å². The van der Waals surface area contributed by atoms with E-state index in [4.69, 9.17) is 5.73 Å². The Labute approximate surface area is 207 Å². The molecular weight excluding hydrogens is 502 g/mol. The fraction of sp³-hybridized carbons (Fsp3) is 0.417. The van der Waals surface area contributed by atoms with Crippen molar-refractivity contribution < 1.29 is 9.59 Å². The highest BCUT2D eigenvalue weighted by atomic mass is 79.9. The molecule has 2 rings (SSSR count). The molecule has 0 saturated carbocycles. The van der Waals surface area contributed by atoms with Crippen LogP contribution in [0.3, 0.4) is 0 Å². The smallest absolute Gasteiger partial charge is 0.330 e. The van der Waals surface area contributed by atoms with Crippen LogP contribution in [0.25, 0.3) is 6.08 Å². The minimum absolute atomic E-state index is 0.00605. The number of likely N-dealkylation sites (N-methyl/N-ethyl adjacent to an activating group) is 1. The predicted molar refractivity (Wildman–Crippen MR) is 139 cm³/mol. The Morgan fingerprint density at radius 1 is 1.12 bits per heavy atom. The van der Waals surface area contributed by atoms with E-state index < -0.39 is 17.2 Å². The van der Waals surface area contributed by atoms with Crippen molar-refractivity contribution >= 4 is 45.3 Å². The van der Waals surface area contributed by atoms with E-state index in [0.29, 0.717) is 0 Å². The second kappa shape index (κ2) is 11.8. The van der Waals surface area contributed by atoms with Gasteiger partial charge >= 0.3 is 5.69 Å². The van der Waals surface area contributed by atoms with Crippen LogP contribution >= 0.6 is 15.9 Å². The van der Waals surface area contributed by atoms with E-state index in [1.165, 1.54) is 27.5 Å². The Hall–Kier alpha value is -3.14. The topological polar surface area (TPSA) is 121 Å². The average molecular weight is 534 g/mol. The maximum Gasteiger partial charge on any atom is 0.330 e. The summed E-state index contributed by atoms with van der Waals surface area (Å²) < 4.78 is 2.19. The van der Waals surface area contributed by atoms with Gasteiger partial charge in [0.05, 0.1) is 0 Å². The number of nitrogens with zero attached hydrogens (tertiary/aromatic N) is 3. The first-order chi connectivity index (χ1) is 15.9. The van der Waals surface area contributed by atoms with E-state index in [2.05, 4.69) is 20.9 Å². The zero-order valence-corrected chi connectivity index (χ0v) is 21.8. The molecule has 184 valence electrons. The maximum absolute atomic E-state index is 13.2. The van der Waals surface area contributed by atoms with Gasteiger partial charge in [-0.25, -0.2) is 4.79 Å². The van der Waals surface area contributed by atoms with Gasteiger partial charge in [-0.15, -0.1) is 0 Å². The molecule has 1 heterocycles. The van der Waals surface area contributed by atoms with Crippen LogP contribution in [0.5, 0.6) is 0 Å². The SMILES string of the molecule is CC(C)CN(C(=O)CN(C)C(=O)/C=C/c1ccc(Br)cc1)c1c(N)n(CC(C)C)c(=O)[nH]c1=O. The van der Waals surface area contributed by atoms with Gasteiger partial charge in [0.25, 0.3) is 5.56 Å². The average Bonchev–Trinajstić information content (AvgIpc) is 2.74. The zero-order valence-electron chi connectivity index (χ0n) is 20.2. The summed E-state index contributed by atoms with van der Waals surface area (Å²) in [5.74, 6) is -0.817. The lowest BCUT2D eigenvalue weighted by Gasteiger charge is -2.28. The van der Waals surface area contributed by atoms with Crippen molar-refractivity contribution in [3.05, 3.63) is 61.2 Å². The van der Waals surface area contributed by atoms with E-state index in [1.807, 2.05) is 52.0 Å². The normalized spacial score (nSPS) is 11.4. The number of benzene rings is 1. The van der Waals surface area contributed by atoms with Crippen LogP contribution in [0.15, 0.2) is 44.4 Å². The molecule has 0 aliphatic rings. The summed E-state index contributed by atoms with van der Waals surface area (Å²) in [5.41, 5.74) is 5.62. The first kappa shape index (κ1) is 27.1. The third kappa shape index (κ3) is 7.18. The lowest BCUT2D eigenvalue weighted by atomic mass is 10.2. The van der Waals surface area contributed by atoms with Crippen LogP contribution in [-0.4, -0.2) is 46.4 Å². The number of aromatic nitrogens is 2. The molecule has 0 saturated heterocycles. The minimum atomic E-state index is -0.736. The Morgan fingerprint density at radius 2 is 1.74 bits per heavy atom. The summed E-state index contributed by atoms with van der Waals surface area (Å²) in [5, 5.41) is 0. The molecule has 0 atom stereocenters. The third-order valence-corrected chi connectivity index (χ3v) is 5.45. The van der Waals surface area contributed by atoms with Gasteiger partial charge < -0.3 is 15.5 Å². The summed E-state index contributed by atoms with van der Waals surface area (Å²) in [7, 11) is 1.51. The van der Waals surface area contributed by atoms with Gasteiger partial charge in [-0.1, -0.05) is 55.8 Å². The molecule has 10 heteroatoms. The Morgan fingerprint density at radius 3 is 2.29 bits per heavy atom.